The van der Waals surface area contributed by atoms with Crippen LogP contribution in [0.2, 0.25) is 0 Å². The number of carbonyl (C=O) groups excluding carboxylic acids is 3. The summed E-state index contributed by atoms with van der Waals surface area (Å²) >= 11 is 3.28. The Labute approximate surface area is 454 Å². The van der Waals surface area contributed by atoms with Crippen molar-refractivity contribution < 1.29 is 71.5 Å². The zero-order valence-electron chi connectivity index (χ0n) is 42.3. The molecule has 19 heteroatoms. The lowest BCUT2D eigenvalue weighted by atomic mass is 9.78. The van der Waals surface area contributed by atoms with E-state index in [9.17, 15) is 37.6 Å². The van der Waals surface area contributed by atoms with Gasteiger partial charge in [-0.3, -0.25) is 14.4 Å². The number of hydrogen-bond donors (Lipinski definition) is 5. The number of ketones is 3. The minimum atomic E-state index is -1.68. The van der Waals surface area contributed by atoms with Crippen LogP contribution in [0.4, 0.5) is 13.2 Å². The molecule has 0 saturated heterocycles. The highest BCUT2D eigenvalue weighted by Crippen LogP contribution is 2.26. The molecule has 0 saturated carbocycles. The number of carbonyl (C=O) groups is 3. The topological polar surface area (TPSA) is 189 Å². The van der Waals surface area contributed by atoms with Crippen molar-refractivity contribution in [3.8, 4) is 45.3 Å². The van der Waals surface area contributed by atoms with E-state index < -0.39 is 14.2 Å². The molecule has 0 aromatic heterocycles. The first-order valence-corrected chi connectivity index (χ1v) is 23.9. The lowest BCUT2D eigenvalue weighted by Gasteiger charge is -2.09. The van der Waals surface area contributed by atoms with Crippen molar-refractivity contribution in [2.45, 2.75) is 13.8 Å². The molecule has 0 amide bonds. The Bertz CT molecular complexity index is 3200. The third kappa shape index (κ3) is 19.6. The standard InChI is InChI=1S/C22H18BFO4.C14H11FO.C8H11BO4.C8H7BrO.C6H5BFO2/c1-28-22-13-7-15(14-20(22)23(26)27)6-12-21(25)19-5-3-2-4-18(19)16-8-10-17(24)11-9-16;1-10(16)13-4-2-3-5-14(13)11-6-8-12(15)9-7-11;1-12-6-3-4-8(13-2)7(5-6)9(10)11;1-6(10)7-4-2-3-5-8(7)9;8-5-1-3-6(4-2-5)10-7-9/h2-14,26-27H,1H3;2-9H,1H3;3-5,10-11H,1-2H3;2-5H,1H3;1-4,9H/b12-6+;;;;. The molecule has 0 aliphatic carbocycles. The maximum atomic E-state index is 13.2. The summed E-state index contributed by atoms with van der Waals surface area (Å²) in [7, 11) is 1.73. The summed E-state index contributed by atoms with van der Waals surface area (Å²) < 4.78 is 58.5. The summed E-state index contributed by atoms with van der Waals surface area (Å²) in [4.78, 5) is 35.0. The number of methoxy groups -OCH3 is 3. The molecule has 393 valence electrons. The van der Waals surface area contributed by atoms with Gasteiger partial charge in [0.25, 0.3) is 0 Å². The van der Waals surface area contributed by atoms with E-state index in [0.29, 0.717) is 58.4 Å². The number of allylic oxidation sites excluding steroid dienone is 1. The van der Waals surface area contributed by atoms with E-state index in [0.717, 1.165) is 26.7 Å². The zero-order chi connectivity index (χ0) is 56.4. The van der Waals surface area contributed by atoms with Gasteiger partial charge in [-0.15, -0.1) is 0 Å². The highest BCUT2D eigenvalue weighted by molar-refractivity contribution is 9.10. The molecule has 0 fully saturated rings. The van der Waals surface area contributed by atoms with Gasteiger partial charge in [0.2, 0.25) is 0 Å². The Hall–Kier alpha value is -8.03. The molecule has 0 aliphatic rings. The molecule has 8 aromatic carbocycles. The van der Waals surface area contributed by atoms with E-state index >= 15 is 0 Å². The van der Waals surface area contributed by atoms with Crippen molar-refractivity contribution in [1.82, 2.24) is 0 Å². The van der Waals surface area contributed by atoms with E-state index in [1.165, 1.54) is 88.9 Å². The van der Waals surface area contributed by atoms with Gasteiger partial charge in [-0.25, -0.2) is 13.2 Å². The van der Waals surface area contributed by atoms with Crippen LogP contribution >= 0.6 is 15.9 Å². The normalized spacial score (nSPS) is 10.1. The number of ether oxygens (including phenoxy) is 3. The summed E-state index contributed by atoms with van der Waals surface area (Å²) in [5.74, 6) is 0.682. The lowest BCUT2D eigenvalue weighted by Crippen LogP contribution is -2.31. The maximum Gasteiger partial charge on any atom is 0.569 e. The Morgan fingerprint density at radius 1 is 0.506 bits per heavy atom. The maximum absolute atomic E-state index is 13.2. The minimum absolute atomic E-state index is 0.0138. The van der Waals surface area contributed by atoms with Crippen LogP contribution < -0.4 is 29.8 Å². The minimum Gasteiger partial charge on any atom is -0.537 e. The van der Waals surface area contributed by atoms with Crippen LogP contribution in [0.25, 0.3) is 28.3 Å². The fraction of sp³-hybridized carbons (Fsp3) is 0.0862. The first kappa shape index (κ1) is 61.5. The van der Waals surface area contributed by atoms with E-state index in [1.807, 2.05) is 48.5 Å². The molecule has 8 aromatic rings. The largest absolute Gasteiger partial charge is 0.569 e. The number of benzene rings is 8. The van der Waals surface area contributed by atoms with Crippen molar-refractivity contribution in [2.24, 2.45) is 0 Å². The van der Waals surface area contributed by atoms with E-state index in [4.69, 9.17) is 29.3 Å². The van der Waals surface area contributed by atoms with Gasteiger partial charge < -0.3 is 44.0 Å². The molecule has 0 bridgehead atoms. The molecule has 1 radical (unpaired) electrons. The van der Waals surface area contributed by atoms with E-state index in [1.54, 1.807) is 91.9 Å². The average molecular weight is 1110 g/mol. The monoisotopic (exact) mass is 1110 g/mol. The zero-order valence-corrected chi connectivity index (χ0v) is 43.9. The molecule has 0 spiro atoms. The summed E-state index contributed by atoms with van der Waals surface area (Å²) in [5, 5.41) is 45.0. The van der Waals surface area contributed by atoms with Gasteiger partial charge in [-0.2, -0.15) is 0 Å². The molecule has 0 atom stereocenters. The molecule has 5 N–H and O–H groups in total. The van der Waals surface area contributed by atoms with Crippen LogP contribution in [0.3, 0.4) is 0 Å². The van der Waals surface area contributed by atoms with Crippen molar-refractivity contribution >= 4 is 72.2 Å². The Balaban J connectivity index is 0.000000223. The number of halogens is 4. The van der Waals surface area contributed by atoms with Crippen LogP contribution in [0.15, 0.2) is 193 Å². The van der Waals surface area contributed by atoms with Crippen molar-refractivity contribution in [3.63, 3.8) is 0 Å². The van der Waals surface area contributed by atoms with Crippen LogP contribution in [0, 0.1) is 17.5 Å². The Kier molecular flexibility index (Phi) is 25.4. The van der Waals surface area contributed by atoms with Gasteiger partial charge in [0.1, 0.15) is 40.4 Å². The third-order valence-electron chi connectivity index (χ3n) is 10.7. The van der Waals surface area contributed by atoms with E-state index in [2.05, 4.69) is 20.6 Å². The van der Waals surface area contributed by atoms with Gasteiger partial charge in [0.15, 0.2) is 17.3 Å². The smallest absolute Gasteiger partial charge is 0.537 e. The second kappa shape index (κ2) is 31.8. The predicted octanol–water partition coefficient (Wildman–Crippen LogP) is 9.54. The molecule has 0 aliphatic heterocycles. The molecule has 12 nitrogen and oxygen atoms in total. The lowest BCUT2D eigenvalue weighted by molar-refractivity contribution is 0.100. The summed E-state index contributed by atoms with van der Waals surface area (Å²) in [6.45, 7) is 3.09. The van der Waals surface area contributed by atoms with Crippen LogP contribution in [0.5, 0.6) is 23.0 Å². The molecule has 8 rings (SSSR count). The highest BCUT2D eigenvalue weighted by Gasteiger charge is 2.19. The average Bonchev–Trinajstić information content (AvgIpc) is 3.44. The third-order valence-corrected chi connectivity index (χ3v) is 11.4. The van der Waals surface area contributed by atoms with Crippen molar-refractivity contribution in [1.29, 1.82) is 0 Å². The van der Waals surface area contributed by atoms with E-state index in [-0.39, 0.29) is 40.3 Å². The summed E-state index contributed by atoms with van der Waals surface area (Å²) in [6, 6.07) is 48.9. The molecule has 0 unspecified atom stereocenters. The van der Waals surface area contributed by atoms with Crippen molar-refractivity contribution in [2.75, 3.05) is 21.3 Å². The predicted molar refractivity (Wildman–Crippen MR) is 298 cm³/mol. The van der Waals surface area contributed by atoms with Gasteiger partial charge in [-0.05, 0) is 127 Å². The Morgan fingerprint density at radius 2 is 0.922 bits per heavy atom. The second-order valence-corrected chi connectivity index (χ2v) is 16.8. The molecular weight excluding hydrogens is 1060 g/mol. The van der Waals surface area contributed by atoms with Gasteiger partial charge in [0.05, 0.1) is 21.3 Å². The van der Waals surface area contributed by atoms with Gasteiger partial charge >= 0.3 is 21.9 Å². The number of Topliss-reactive ketones (excluding diaryl/α,β-unsaturated/α-hetero) is 2. The van der Waals surface area contributed by atoms with Crippen LogP contribution in [-0.4, -0.2) is 85.7 Å². The summed E-state index contributed by atoms with van der Waals surface area (Å²) in [5.41, 5.74) is 6.16. The van der Waals surface area contributed by atoms with Gasteiger partial charge in [-0.1, -0.05) is 125 Å². The fourth-order valence-electron chi connectivity index (χ4n) is 6.93. The first-order valence-electron chi connectivity index (χ1n) is 23.1. The fourth-order valence-corrected chi connectivity index (χ4v) is 7.50. The van der Waals surface area contributed by atoms with Gasteiger partial charge in [0, 0.05) is 32.1 Å². The summed E-state index contributed by atoms with van der Waals surface area (Å²) in [6.07, 6.45) is 3.01. The second-order valence-electron chi connectivity index (χ2n) is 15.9. The van der Waals surface area contributed by atoms with Crippen LogP contribution in [-0.2, 0) is 0 Å². The molecule has 0 heterocycles. The van der Waals surface area contributed by atoms with Crippen LogP contribution in [0.1, 0.15) is 50.5 Å². The van der Waals surface area contributed by atoms with Crippen molar-refractivity contribution in [3.05, 3.63) is 232 Å². The Morgan fingerprint density at radius 3 is 1.36 bits per heavy atom. The molecule has 77 heavy (non-hydrogen) atoms. The SMILES string of the molecule is CC(=O)c1ccccc1-c1ccc(F)cc1.CC(=O)c1ccccc1Br.COc1ccc(/C=C/C(=O)c2ccccc2-c2ccc(F)cc2)cc1B(O)O.COc1ccc(OC)c(B(O)O)c1.O[B]Oc1ccc(F)cc1. The quantitative estimate of drug-likeness (QED) is 0.0395. The highest BCUT2D eigenvalue weighted by atomic mass is 79.9. The molecular formula is C58H52B3BrF3O12. The first-order chi connectivity index (χ1) is 36.9. The number of rotatable bonds is 14. The number of hydrogen-bond acceptors (Lipinski definition) is 12.